The van der Waals surface area contributed by atoms with Crippen LogP contribution < -0.4 is 4.90 Å². The molecule has 2 aromatic heterocycles. The van der Waals surface area contributed by atoms with Crippen LogP contribution in [0.1, 0.15) is 0 Å². The Bertz CT molecular complexity index is 2470. The van der Waals surface area contributed by atoms with Crippen molar-refractivity contribution >= 4 is 81.3 Å². The number of hydrogen-bond acceptors (Lipinski definition) is 3. The van der Waals surface area contributed by atoms with Crippen LogP contribution in [0.15, 0.2) is 156 Å². The second-order valence-electron chi connectivity index (χ2n) is 11.0. The van der Waals surface area contributed by atoms with Crippen LogP contribution in [-0.2, 0) is 0 Å². The van der Waals surface area contributed by atoms with E-state index in [9.17, 15) is 0 Å². The van der Waals surface area contributed by atoms with Crippen molar-refractivity contribution < 1.29 is 4.42 Å². The minimum atomic E-state index is 0.912. The molecule has 0 saturated heterocycles. The van der Waals surface area contributed by atoms with E-state index in [2.05, 4.69) is 144 Å². The van der Waals surface area contributed by atoms with Gasteiger partial charge in [-0.25, -0.2) is 0 Å². The first-order valence-corrected chi connectivity index (χ1v) is 15.3. The SMILES string of the molecule is c1ccc(-c2cccc(N(c3ccc4c(c3)sc3ccccc34)c3ccc4ccc5oc6ccccc6c5c4c3)c2)cc1. The number of thiophene rings is 1. The van der Waals surface area contributed by atoms with Crippen molar-refractivity contribution in [2.24, 2.45) is 0 Å². The highest BCUT2D eigenvalue weighted by Gasteiger charge is 2.18. The molecular formula is C40H25NOS. The number of rotatable bonds is 4. The molecule has 0 fully saturated rings. The molecule has 0 saturated carbocycles. The highest BCUT2D eigenvalue weighted by molar-refractivity contribution is 7.25. The summed E-state index contributed by atoms with van der Waals surface area (Å²) in [6, 6.07) is 54.4. The summed E-state index contributed by atoms with van der Waals surface area (Å²) in [7, 11) is 0. The van der Waals surface area contributed by atoms with Crippen molar-refractivity contribution in [3.8, 4) is 11.1 Å². The van der Waals surface area contributed by atoms with E-state index in [4.69, 9.17) is 4.42 Å². The Hall–Kier alpha value is -5.38. The Morgan fingerprint density at radius 1 is 0.419 bits per heavy atom. The van der Waals surface area contributed by atoms with Crippen molar-refractivity contribution in [3.05, 3.63) is 152 Å². The number of anilines is 3. The van der Waals surface area contributed by atoms with Crippen LogP contribution in [-0.4, -0.2) is 0 Å². The first kappa shape index (κ1) is 24.2. The van der Waals surface area contributed by atoms with E-state index in [0.29, 0.717) is 0 Å². The van der Waals surface area contributed by atoms with Crippen LogP contribution in [0.3, 0.4) is 0 Å². The van der Waals surface area contributed by atoms with Crippen molar-refractivity contribution in [1.29, 1.82) is 0 Å². The van der Waals surface area contributed by atoms with Crippen molar-refractivity contribution in [1.82, 2.24) is 0 Å². The molecule has 43 heavy (non-hydrogen) atoms. The first-order chi connectivity index (χ1) is 21.3. The molecule has 7 aromatic carbocycles. The fourth-order valence-electron chi connectivity index (χ4n) is 6.43. The third-order valence-corrected chi connectivity index (χ3v) is 9.57. The van der Waals surface area contributed by atoms with Gasteiger partial charge in [0.2, 0.25) is 0 Å². The molecule has 0 aliphatic rings. The van der Waals surface area contributed by atoms with Crippen molar-refractivity contribution in [2.45, 2.75) is 0 Å². The number of para-hydroxylation sites is 1. The summed E-state index contributed by atoms with van der Waals surface area (Å²) in [5.41, 5.74) is 7.58. The molecule has 0 N–H and O–H groups in total. The van der Waals surface area contributed by atoms with Gasteiger partial charge in [0, 0.05) is 48.0 Å². The van der Waals surface area contributed by atoms with E-state index in [1.807, 2.05) is 23.5 Å². The fraction of sp³-hybridized carbons (Fsp3) is 0. The zero-order chi connectivity index (χ0) is 28.3. The van der Waals surface area contributed by atoms with Gasteiger partial charge < -0.3 is 9.32 Å². The average molecular weight is 568 g/mol. The zero-order valence-corrected chi connectivity index (χ0v) is 24.0. The maximum atomic E-state index is 6.26. The molecule has 9 rings (SSSR count). The molecule has 0 unspecified atom stereocenters. The first-order valence-electron chi connectivity index (χ1n) is 14.5. The van der Waals surface area contributed by atoms with Crippen molar-refractivity contribution in [3.63, 3.8) is 0 Å². The predicted octanol–water partition coefficient (Wildman–Crippen LogP) is 12.2. The maximum Gasteiger partial charge on any atom is 0.136 e. The Morgan fingerprint density at radius 2 is 1.12 bits per heavy atom. The molecule has 2 nitrogen and oxygen atoms in total. The van der Waals surface area contributed by atoms with Gasteiger partial charge >= 0.3 is 0 Å². The smallest absolute Gasteiger partial charge is 0.136 e. The molecule has 0 amide bonds. The monoisotopic (exact) mass is 567 g/mol. The zero-order valence-electron chi connectivity index (χ0n) is 23.2. The van der Waals surface area contributed by atoms with Gasteiger partial charge in [0.05, 0.1) is 0 Å². The van der Waals surface area contributed by atoms with E-state index >= 15 is 0 Å². The minimum Gasteiger partial charge on any atom is -0.456 e. The van der Waals surface area contributed by atoms with E-state index in [0.717, 1.165) is 39.0 Å². The van der Waals surface area contributed by atoms with Crippen LogP contribution in [0.25, 0.3) is 64.0 Å². The fourth-order valence-corrected chi connectivity index (χ4v) is 7.57. The number of benzene rings is 7. The molecule has 9 aromatic rings. The lowest BCUT2D eigenvalue weighted by atomic mass is 10.0. The molecule has 0 spiro atoms. The predicted molar refractivity (Wildman–Crippen MR) is 184 cm³/mol. The van der Waals surface area contributed by atoms with E-state index in [-0.39, 0.29) is 0 Å². The highest BCUT2D eigenvalue weighted by atomic mass is 32.1. The molecule has 0 aliphatic heterocycles. The Morgan fingerprint density at radius 3 is 2.05 bits per heavy atom. The van der Waals surface area contributed by atoms with Gasteiger partial charge in [0.1, 0.15) is 11.2 Å². The molecule has 0 atom stereocenters. The summed E-state index contributed by atoms with van der Waals surface area (Å²) in [6.07, 6.45) is 0. The summed E-state index contributed by atoms with van der Waals surface area (Å²) in [5.74, 6) is 0. The number of hydrogen-bond donors (Lipinski definition) is 0. The lowest BCUT2D eigenvalue weighted by Gasteiger charge is -2.26. The summed E-state index contributed by atoms with van der Waals surface area (Å²) >= 11 is 1.85. The lowest BCUT2D eigenvalue weighted by Crippen LogP contribution is -2.10. The molecular weight excluding hydrogens is 543 g/mol. The summed E-state index contributed by atoms with van der Waals surface area (Å²) in [5, 5.41) is 7.30. The quantitative estimate of drug-likeness (QED) is 0.210. The van der Waals surface area contributed by atoms with Crippen molar-refractivity contribution in [2.75, 3.05) is 4.90 Å². The Balaban J connectivity index is 1.30. The maximum absolute atomic E-state index is 6.26. The number of fused-ring (bicyclic) bond motifs is 8. The van der Waals surface area contributed by atoms with Crippen LogP contribution in [0.4, 0.5) is 17.1 Å². The summed E-state index contributed by atoms with van der Waals surface area (Å²) in [4.78, 5) is 2.39. The van der Waals surface area contributed by atoms with E-state index in [1.165, 1.54) is 42.1 Å². The second kappa shape index (κ2) is 9.59. The van der Waals surface area contributed by atoms with E-state index < -0.39 is 0 Å². The largest absolute Gasteiger partial charge is 0.456 e. The van der Waals surface area contributed by atoms with Gasteiger partial charge in [-0.05, 0) is 76.5 Å². The average Bonchev–Trinajstić information content (AvgIpc) is 3.64. The third kappa shape index (κ3) is 3.93. The number of nitrogens with zero attached hydrogens (tertiary/aromatic N) is 1. The molecule has 0 radical (unpaired) electrons. The number of furan rings is 1. The van der Waals surface area contributed by atoms with Gasteiger partial charge in [0.15, 0.2) is 0 Å². The summed E-state index contributed by atoms with van der Waals surface area (Å²) in [6.45, 7) is 0. The standard InChI is InChI=1S/C40H25NOS/c1-2-9-26(10-3-1)28-11-8-12-29(23-28)41(31-20-21-33-32-13-5-7-16-38(32)43-39(33)25-31)30-19-17-27-18-22-37-40(35(27)24-30)34-14-4-6-15-36(34)42-37/h1-25H. The normalized spacial score (nSPS) is 11.7. The van der Waals surface area contributed by atoms with Gasteiger partial charge in [-0.1, -0.05) is 97.1 Å². The van der Waals surface area contributed by atoms with Gasteiger partial charge in [-0.3, -0.25) is 0 Å². The van der Waals surface area contributed by atoms with Gasteiger partial charge in [-0.15, -0.1) is 11.3 Å². The molecule has 2 heterocycles. The Labute approximate surface area is 252 Å². The third-order valence-electron chi connectivity index (χ3n) is 8.43. The lowest BCUT2D eigenvalue weighted by molar-refractivity contribution is 0.669. The van der Waals surface area contributed by atoms with Crippen LogP contribution in [0, 0.1) is 0 Å². The minimum absolute atomic E-state index is 0.912. The van der Waals surface area contributed by atoms with Crippen LogP contribution in [0.5, 0.6) is 0 Å². The molecule has 0 bridgehead atoms. The summed E-state index contributed by atoms with van der Waals surface area (Å²) < 4.78 is 8.86. The molecule has 0 aliphatic carbocycles. The molecule has 3 heteroatoms. The van der Waals surface area contributed by atoms with Crippen LogP contribution in [0.2, 0.25) is 0 Å². The molecule has 202 valence electrons. The Kier molecular flexibility index (Phi) is 5.40. The second-order valence-corrected chi connectivity index (χ2v) is 12.1. The van der Waals surface area contributed by atoms with E-state index in [1.54, 1.807) is 0 Å². The van der Waals surface area contributed by atoms with Gasteiger partial charge in [-0.2, -0.15) is 0 Å². The van der Waals surface area contributed by atoms with Gasteiger partial charge in [0.25, 0.3) is 0 Å². The van der Waals surface area contributed by atoms with Crippen LogP contribution >= 0.6 is 11.3 Å². The highest BCUT2D eigenvalue weighted by Crippen LogP contribution is 2.43. The topological polar surface area (TPSA) is 16.4 Å².